The van der Waals surface area contributed by atoms with E-state index in [4.69, 9.17) is 0 Å². The van der Waals surface area contributed by atoms with Gasteiger partial charge in [-0.05, 0) is 42.5 Å². The molecule has 1 aliphatic carbocycles. The summed E-state index contributed by atoms with van der Waals surface area (Å²) < 4.78 is 29.7. The quantitative estimate of drug-likeness (QED) is 0.906. The first-order chi connectivity index (χ1) is 11.9. The molecule has 1 amide bonds. The van der Waals surface area contributed by atoms with Crippen molar-refractivity contribution in [3.8, 4) is 0 Å². The molecule has 1 fully saturated rings. The maximum atomic E-state index is 12.7. The molecule has 2 aromatic rings. The predicted octanol–water partition coefficient (Wildman–Crippen LogP) is 2.27. The lowest BCUT2D eigenvalue weighted by Gasteiger charge is -2.25. The number of sulfonamides is 1. The zero-order valence-electron chi connectivity index (χ0n) is 14.0. The van der Waals surface area contributed by atoms with E-state index in [-0.39, 0.29) is 10.8 Å². The SMILES string of the molecule is CC(=O)N1Cc2ccc(S(=O)(=O)Nc3cnn(C4CCC4)c3)cc2C1. The Kier molecular flexibility index (Phi) is 3.79. The van der Waals surface area contributed by atoms with Crippen LogP contribution in [0.3, 0.4) is 0 Å². The Bertz CT molecular complexity index is 931. The number of aromatic nitrogens is 2. The van der Waals surface area contributed by atoms with Gasteiger partial charge in [0, 0.05) is 26.2 Å². The molecule has 2 aliphatic rings. The molecular weight excluding hydrogens is 340 g/mol. The molecule has 1 aromatic heterocycles. The first kappa shape index (κ1) is 16.1. The highest BCUT2D eigenvalue weighted by atomic mass is 32.2. The van der Waals surface area contributed by atoms with Crippen LogP contribution in [0.15, 0.2) is 35.5 Å². The molecular formula is C17H20N4O3S. The average Bonchev–Trinajstić information content (AvgIpc) is 3.11. The lowest BCUT2D eigenvalue weighted by Crippen LogP contribution is -2.21. The predicted molar refractivity (Wildman–Crippen MR) is 92.3 cm³/mol. The van der Waals surface area contributed by atoms with Gasteiger partial charge in [0.25, 0.3) is 10.0 Å². The second-order valence-corrected chi connectivity index (χ2v) is 8.39. The number of hydrogen-bond acceptors (Lipinski definition) is 4. The van der Waals surface area contributed by atoms with Crippen LogP contribution < -0.4 is 4.72 Å². The number of rotatable bonds is 4. The van der Waals surface area contributed by atoms with Gasteiger partial charge in [-0.15, -0.1) is 0 Å². The summed E-state index contributed by atoms with van der Waals surface area (Å²) in [7, 11) is -3.68. The van der Waals surface area contributed by atoms with Crippen molar-refractivity contribution in [3.63, 3.8) is 0 Å². The molecule has 2 heterocycles. The van der Waals surface area contributed by atoms with Crippen LogP contribution in [0, 0.1) is 0 Å². The molecule has 7 nitrogen and oxygen atoms in total. The van der Waals surface area contributed by atoms with E-state index in [1.807, 2.05) is 4.68 Å². The number of benzene rings is 1. The van der Waals surface area contributed by atoms with Gasteiger partial charge in [-0.25, -0.2) is 8.42 Å². The Morgan fingerprint density at radius 3 is 2.68 bits per heavy atom. The summed E-state index contributed by atoms with van der Waals surface area (Å²) in [6.07, 6.45) is 6.65. The zero-order valence-corrected chi connectivity index (χ0v) is 14.8. The van der Waals surface area contributed by atoms with Crippen molar-refractivity contribution in [2.24, 2.45) is 0 Å². The average molecular weight is 360 g/mol. The minimum atomic E-state index is -3.68. The fraction of sp³-hybridized carbons (Fsp3) is 0.412. The Morgan fingerprint density at radius 2 is 2.00 bits per heavy atom. The van der Waals surface area contributed by atoms with Crippen LogP contribution in [-0.4, -0.2) is 29.0 Å². The molecule has 1 N–H and O–H groups in total. The van der Waals surface area contributed by atoms with Gasteiger partial charge >= 0.3 is 0 Å². The van der Waals surface area contributed by atoms with E-state index in [0.717, 1.165) is 24.0 Å². The molecule has 25 heavy (non-hydrogen) atoms. The lowest BCUT2D eigenvalue weighted by atomic mass is 9.93. The molecule has 0 saturated heterocycles. The van der Waals surface area contributed by atoms with E-state index >= 15 is 0 Å². The second kappa shape index (κ2) is 5.87. The van der Waals surface area contributed by atoms with Gasteiger partial charge in [-0.2, -0.15) is 5.10 Å². The van der Waals surface area contributed by atoms with Crippen molar-refractivity contribution in [3.05, 3.63) is 41.7 Å². The Morgan fingerprint density at radius 1 is 1.24 bits per heavy atom. The fourth-order valence-electron chi connectivity index (χ4n) is 3.22. The molecule has 1 saturated carbocycles. The van der Waals surface area contributed by atoms with Crippen LogP contribution in [0.2, 0.25) is 0 Å². The largest absolute Gasteiger partial charge is 0.334 e. The van der Waals surface area contributed by atoms with Gasteiger partial charge in [0.05, 0.1) is 22.8 Å². The Hall–Kier alpha value is -2.35. The molecule has 0 bridgehead atoms. The zero-order chi connectivity index (χ0) is 17.6. The third-order valence-electron chi connectivity index (χ3n) is 4.96. The highest BCUT2D eigenvalue weighted by molar-refractivity contribution is 7.92. The van der Waals surface area contributed by atoms with Crippen molar-refractivity contribution in [1.29, 1.82) is 0 Å². The molecule has 132 valence electrons. The Balaban J connectivity index is 1.54. The second-order valence-electron chi connectivity index (χ2n) is 6.70. The molecule has 0 atom stereocenters. The molecule has 1 aliphatic heterocycles. The van der Waals surface area contributed by atoms with Crippen molar-refractivity contribution in [2.75, 3.05) is 4.72 Å². The standard InChI is InChI=1S/C17H20N4O3S/c1-12(22)20-9-13-5-6-17(7-14(13)10-20)25(23,24)19-15-8-18-21(11-15)16-3-2-4-16/h5-8,11,16,19H,2-4,9-10H2,1H3. The minimum Gasteiger partial charge on any atom is -0.334 e. The highest BCUT2D eigenvalue weighted by Gasteiger charge is 2.25. The Labute approximate surface area is 146 Å². The summed E-state index contributed by atoms with van der Waals surface area (Å²) in [4.78, 5) is 13.4. The smallest absolute Gasteiger partial charge is 0.262 e. The van der Waals surface area contributed by atoms with Crippen LogP contribution >= 0.6 is 0 Å². The van der Waals surface area contributed by atoms with E-state index in [1.54, 1.807) is 35.5 Å². The normalized spacial score (nSPS) is 17.2. The summed E-state index contributed by atoms with van der Waals surface area (Å²) in [6.45, 7) is 2.51. The van der Waals surface area contributed by atoms with Gasteiger partial charge < -0.3 is 4.90 Å². The first-order valence-electron chi connectivity index (χ1n) is 8.37. The van der Waals surface area contributed by atoms with E-state index in [0.29, 0.717) is 24.8 Å². The summed E-state index contributed by atoms with van der Waals surface area (Å²) in [5.41, 5.74) is 2.34. The fourth-order valence-corrected chi connectivity index (χ4v) is 4.29. The number of hydrogen-bond donors (Lipinski definition) is 1. The van der Waals surface area contributed by atoms with Crippen LogP contribution in [-0.2, 0) is 27.9 Å². The topological polar surface area (TPSA) is 84.3 Å². The highest BCUT2D eigenvalue weighted by Crippen LogP contribution is 2.32. The maximum Gasteiger partial charge on any atom is 0.262 e. The molecule has 4 rings (SSSR count). The molecule has 0 unspecified atom stereocenters. The van der Waals surface area contributed by atoms with E-state index in [9.17, 15) is 13.2 Å². The van der Waals surface area contributed by atoms with Gasteiger partial charge in [0.15, 0.2) is 0 Å². The number of amides is 1. The minimum absolute atomic E-state index is 0.0119. The third kappa shape index (κ3) is 3.02. The summed E-state index contributed by atoms with van der Waals surface area (Å²) in [6, 6.07) is 5.40. The molecule has 0 radical (unpaired) electrons. The summed E-state index contributed by atoms with van der Waals surface area (Å²) in [5, 5.41) is 4.25. The monoisotopic (exact) mass is 360 g/mol. The molecule has 0 spiro atoms. The number of anilines is 1. The number of carbonyl (C=O) groups is 1. The number of nitrogens with zero attached hydrogens (tertiary/aromatic N) is 3. The number of fused-ring (bicyclic) bond motifs is 1. The van der Waals surface area contributed by atoms with Crippen LogP contribution in [0.4, 0.5) is 5.69 Å². The number of carbonyl (C=O) groups excluding carboxylic acids is 1. The third-order valence-corrected chi connectivity index (χ3v) is 6.34. The van der Waals surface area contributed by atoms with Crippen molar-refractivity contribution in [1.82, 2.24) is 14.7 Å². The number of nitrogens with one attached hydrogen (secondary N) is 1. The van der Waals surface area contributed by atoms with Gasteiger partial charge in [-0.1, -0.05) is 6.07 Å². The van der Waals surface area contributed by atoms with Crippen molar-refractivity contribution < 1.29 is 13.2 Å². The van der Waals surface area contributed by atoms with Crippen molar-refractivity contribution in [2.45, 2.75) is 50.2 Å². The van der Waals surface area contributed by atoms with Crippen LogP contribution in [0.25, 0.3) is 0 Å². The van der Waals surface area contributed by atoms with Gasteiger partial charge in [0.2, 0.25) is 5.91 Å². The van der Waals surface area contributed by atoms with Crippen LogP contribution in [0.5, 0.6) is 0 Å². The first-order valence-corrected chi connectivity index (χ1v) is 9.85. The molecule has 1 aromatic carbocycles. The maximum absolute atomic E-state index is 12.7. The summed E-state index contributed by atoms with van der Waals surface area (Å²) >= 11 is 0. The van der Waals surface area contributed by atoms with Crippen molar-refractivity contribution >= 4 is 21.6 Å². The lowest BCUT2D eigenvalue weighted by molar-refractivity contribution is -0.129. The molecule has 8 heteroatoms. The summed E-state index contributed by atoms with van der Waals surface area (Å²) in [5.74, 6) is -0.0119. The van der Waals surface area contributed by atoms with E-state index in [2.05, 4.69) is 9.82 Å². The van der Waals surface area contributed by atoms with Crippen LogP contribution in [0.1, 0.15) is 43.4 Å². The van der Waals surface area contributed by atoms with E-state index < -0.39 is 10.0 Å². The van der Waals surface area contributed by atoms with E-state index in [1.165, 1.54) is 13.3 Å². The van der Waals surface area contributed by atoms with Gasteiger partial charge in [-0.3, -0.25) is 14.2 Å². The van der Waals surface area contributed by atoms with Gasteiger partial charge in [0.1, 0.15) is 0 Å².